The van der Waals surface area contributed by atoms with E-state index in [-0.39, 0.29) is 24.1 Å². The van der Waals surface area contributed by atoms with Crippen LogP contribution in [0.5, 0.6) is 5.75 Å². The predicted molar refractivity (Wildman–Crippen MR) is 94.1 cm³/mol. The van der Waals surface area contributed by atoms with E-state index in [2.05, 4.69) is 5.10 Å². The van der Waals surface area contributed by atoms with E-state index in [0.29, 0.717) is 30.9 Å². The Morgan fingerprint density at radius 1 is 1.00 bits per heavy atom. The zero-order valence-electron chi connectivity index (χ0n) is 14.4. The van der Waals surface area contributed by atoms with Gasteiger partial charge >= 0.3 is 0 Å². The number of nitrogens with zero attached hydrogens (tertiary/aromatic N) is 3. The Kier molecular flexibility index (Phi) is 4.58. The van der Waals surface area contributed by atoms with E-state index in [9.17, 15) is 13.6 Å². The Bertz CT molecular complexity index is 952. The number of ether oxygens (including phenoxy) is 1. The van der Waals surface area contributed by atoms with Crippen molar-refractivity contribution in [2.24, 2.45) is 0 Å². The van der Waals surface area contributed by atoms with Gasteiger partial charge < -0.3 is 9.64 Å². The molecule has 1 aliphatic heterocycles. The molecule has 4 rings (SSSR count). The topological polar surface area (TPSA) is 47.4 Å². The molecule has 3 aromatic rings. The fourth-order valence-electron chi connectivity index (χ4n) is 3.03. The average Bonchev–Trinajstić information content (AvgIpc) is 3.09. The molecule has 0 bridgehead atoms. The average molecular weight is 369 g/mol. The third-order valence-corrected chi connectivity index (χ3v) is 4.43. The molecular weight excluding hydrogens is 352 g/mol. The summed E-state index contributed by atoms with van der Waals surface area (Å²) in [4.78, 5) is 14.3. The minimum atomic E-state index is -0.367. The largest absolute Gasteiger partial charge is 0.487 e. The Labute approximate surface area is 154 Å². The standard InChI is InChI=1S/C20H17F2N3O2/c21-15-3-1-14(2-4-15)20(26)24-9-10-25-18(12-24)11-17(23-25)13-27-19-7-5-16(22)6-8-19/h1-8,11H,9-10,12-13H2. The number of halogens is 2. The molecule has 1 amide bonds. The van der Waals surface area contributed by atoms with Crippen LogP contribution in [-0.4, -0.2) is 27.1 Å². The van der Waals surface area contributed by atoms with Gasteiger partial charge in [-0.3, -0.25) is 9.48 Å². The second-order valence-electron chi connectivity index (χ2n) is 6.33. The summed E-state index contributed by atoms with van der Waals surface area (Å²) in [5.41, 5.74) is 2.11. The number of aromatic nitrogens is 2. The Morgan fingerprint density at radius 2 is 1.67 bits per heavy atom. The molecule has 1 aliphatic rings. The van der Waals surface area contributed by atoms with Gasteiger partial charge in [0.05, 0.1) is 18.8 Å². The van der Waals surface area contributed by atoms with Gasteiger partial charge in [-0.05, 0) is 54.6 Å². The molecule has 1 aromatic heterocycles. The van der Waals surface area contributed by atoms with Gasteiger partial charge in [-0.25, -0.2) is 8.78 Å². The fraction of sp³-hybridized carbons (Fsp3) is 0.200. The highest BCUT2D eigenvalue weighted by molar-refractivity contribution is 5.94. The van der Waals surface area contributed by atoms with Crippen molar-refractivity contribution >= 4 is 5.91 Å². The van der Waals surface area contributed by atoms with Gasteiger partial charge in [0, 0.05) is 12.1 Å². The molecule has 0 saturated heterocycles. The molecule has 138 valence electrons. The second-order valence-corrected chi connectivity index (χ2v) is 6.33. The van der Waals surface area contributed by atoms with Gasteiger partial charge in [0.1, 0.15) is 29.7 Å². The molecule has 0 fully saturated rings. The number of fused-ring (bicyclic) bond motifs is 1. The maximum atomic E-state index is 13.0. The van der Waals surface area contributed by atoms with Crippen LogP contribution in [-0.2, 0) is 19.7 Å². The zero-order chi connectivity index (χ0) is 18.8. The number of carbonyl (C=O) groups excluding carboxylic acids is 1. The fourth-order valence-corrected chi connectivity index (χ4v) is 3.03. The smallest absolute Gasteiger partial charge is 0.254 e. The lowest BCUT2D eigenvalue weighted by molar-refractivity contribution is 0.0706. The number of hydrogen-bond acceptors (Lipinski definition) is 3. The zero-order valence-corrected chi connectivity index (χ0v) is 14.4. The lowest BCUT2D eigenvalue weighted by Crippen LogP contribution is -2.38. The number of rotatable bonds is 4. The molecule has 27 heavy (non-hydrogen) atoms. The van der Waals surface area contributed by atoms with E-state index >= 15 is 0 Å². The van der Waals surface area contributed by atoms with Crippen LogP contribution >= 0.6 is 0 Å². The predicted octanol–water partition coefficient (Wildman–Crippen LogP) is 3.40. The highest BCUT2D eigenvalue weighted by Gasteiger charge is 2.23. The molecule has 0 aliphatic carbocycles. The molecule has 0 unspecified atom stereocenters. The van der Waals surface area contributed by atoms with Crippen LogP contribution in [0.3, 0.4) is 0 Å². The Hall–Kier alpha value is -3.22. The minimum absolute atomic E-state index is 0.133. The highest BCUT2D eigenvalue weighted by Crippen LogP contribution is 2.18. The summed E-state index contributed by atoms with van der Waals surface area (Å²) in [6, 6.07) is 13.3. The van der Waals surface area contributed by atoms with Gasteiger partial charge in [0.2, 0.25) is 0 Å². The van der Waals surface area contributed by atoms with Gasteiger partial charge in [-0.1, -0.05) is 0 Å². The van der Waals surface area contributed by atoms with Gasteiger partial charge in [-0.15, -0.1) is 0 Å². The first-order chi connectivity index (χ1) is 13.1. The lowest BCUT2D eigenvalue weighted by Gasteiger charge is -2.27. The van der Waals surface area contributed by atoms with Crippen molar-refractivity contribution in [1.82, 2.24) is 14.7 Å². The minimum Gasteiger partial charge on any atom is -0.487 e. The first-order valence-corrected chi connectivity index (χ1v) is 8.57. The molecule has 0 saturated carbocycles. The SMILES string of the molecule is O=C(c1ccc(F)cc1)N1CCn2nc(COc3ccc(F)cc3)cc2C1. The summed E-state index contributed by atoms with van der Waals surface area (Å²) in [5, 5.41) is 4.49. The van der Waals surface area contributed by atoms with Crippen LogP contribution in [0.2, 0.25) is 0 Å². The van der Waals surface area contributed by atoms with E-state index in [0.717, 1.165) is 11.4 Å². The summed E-state index contributed by atoms with van der Waals surface area (Å²) >= 11 is 0. The van der Waals surface area contributed by atoms with Crippen LogP contribution in [0.25, 0.3) is 0 Å². The molecule has 0 N–H and O–H groups in total. The first kappa shape index (κ1) is 17.2. The maximum Gasteiger partial charge on any atom is 0.254 e. The van der Waals surface area contributed by atoms with E-state index in [1.165, 1.54) is 36.4 Å². The van der Waals surface area contributed by atoms with Gasteiger partial charge in [-0.2, -0.15) is 5.10 Å². The van der Waals surface area contributed by atoms with Crippen molar-refractivity contribution < 1.29 is 18.3 Å². The van der Waals surface area contributed by atoms with Crippen molar-refractivity contribution in [3.63, 3.8) is 0 Å². The van der Waals surface area contributed by atoms with E-state index in [1.54, 1.807) is 17.0 Å². The number of hydrogen-bond donors (Lipinski definition) is 0. The lowest BCUT2D eigenvalue weighted by atomic mass is 10.1. The first-order valence-electron chi connectivity index (χ1n) is 8.57. The van der Waals surface area contributed by atoms with Crippen molar-refractivity contribution in [3.05, 3.63) is 83.2 Å². The second kappa shape index (κ2) is 7.19. The van der Waals surface area contributed by atoms with Gasteiger partial charge in [0.25, 0.3) is 5.91 Å². The van der Waals surface area contributed by atoms with E-state index in [4.69, 9.17) is 4.74 Å². The third-order valence-electron chi connectivity index (χ3n) is 4.43. The summed E-state index contributed by atoms with van der Waals surface area (Å²) in [7, 11) is 0. The molecule has 0 spiro atoms. The summed E-state index contributed by atoms with van der Waals surface area (Å²) in [6.07, 6.45) is 0. The number of amides is 1. The monoisotopic (exact) mass is 369 g/mol. The molecule has 0 atom stereocenters. The van der Waals surface area contributed by atoms with Crippen LogP contribution in [0, 0.1) is 11.6 Å². The number of benzene rings is 2. The molecular formula is C20H17F2N3O2. The van der Waals surface area contributed by atoms with Crippen LogP contribution in [0.4, 0.5) is 8.78 Å². The summed E-state index contributed by atoms with van der Waals surface area (Å²) < 4.78 is 33.4. The Morgan fingerprint density at radius 3 is 2.37 bits per heavy atom. The maximum absolute atomic E-state index is 13.0. The van der Waals surface area contributed by atoms with Crippen LogP contribution < -0.4 is 4.74 Å². The molecule has 7 heteroatoms. The van der Waals surface area contributed by atoms with Crippen molar-refractivity contribution in [2.75, 3.05) is 6.54 Å². The van der Waals surface area contributed by atoms with Crippen LogP contribution in [0.1, 0.15) is 21.7 Å². The Balaban J connectivity index is 1.42. The highest BCUT2D eigenvalue weighted by atomic mass is 19.1. The van der Waals surface area contributed by atoms with Crippen molar-refractivity contribution in [2.45, 2.75) is 19.7 Å². The molecule has 2 aromatic carbocycles. The summed E-state index contributed by atoms with van der Waals surface area (Å²) in [5.74, 6) is -0.248. The van der Waals surface area contributed by atoms with Crippen LogP contribution in [0.15, 0.2) is 54.6 Å². The summed E-state index contributed by atoms with van der Waals surface area (Å²) in [6.45, 7) is 1.80. The van der Waals surface area contributed by atoms with E-state index < -0.39 is 0 Å². The quantitative estimate of drug-likeness (QED) is 0.708. The molecule has 2 heterocycles. The number of carbonyl (C=O) groups is 1. The van der Waals surface area contributed by atoms with E-state index in [1.807, 2.05) is 10.7 Å². The van der Waals surface area contributed by atoms with Gasteiger partial charge in [0.15, 0.2) is 0 Å². The normalized spacial score (nSPS) is 13.3. The molecule has 0 radical (unpaired) electrons. The van der Waals surface area contributed by atoms with Crippen molar-refractivity contribution in [3.8, 4) is 5.75 Å². The van der Waals surface area contributed by atoms with Crippen molar-refractivity contribution in [1.29, 1.82) is 0 Å². The molecule has 5 nitrogen and oxygen atoms in total. The third kappa shape index (κ3) is 3.81.